The van der Waals surface area contributed by atoms with Crippen molar-refractivity contribution < 1.29 is 9.59 Å². The molecule has 7 nitrogen and oxygen atoms in total. The van der Waals surface area contributed by atoms with Crippen molar-refractivity contribution in [2.75, 3.05) is 43.8 Å². The zero-order valence-electron chi connectivity index (χ0n) is 19.5. The second-order valence-electron chi connectivity index (χ2n) is 8.39. The van der Waals surface area contributed by atoms with E-state index in [1.807, 2.05) is 55.1 Å². The first kappa shape index (κ1) is 23.3. The number of imidazole rings is 1. The van der Waals surface area contributed by atoms with Gasteiger partial charge >= 0.3 is 0 Å². The van der Waals surface area contributed by atoms with Crippen LogP contribution in [0.4, 0.5) is 5.69 Å². The number of nitrogens with zero attached hydrogens (tertiary/aromatic N) is 4. The van der Waals surface area contributed by atoms with Gasteiger partial charge in [-0.3, -0.25) is 14.5 Å². The average molecular weight is 466 g/mol. The highest BCUT2D eigenvalue weighted by Gasteiger charge is 2.23. The van der Waals surface area contributed by atoms with Gasteiger partial charge in [-0.2, -0.15) is 0 Å². The van der Waals surface area contributed by atoms with E-state index in [0.29, 0.717) is 38.5 Å². The van der Waals surface area contributed by atoms with Crippen LogP contribution < -0.4 is 5.32 Å². The maximum Gasteiger partial charge on any atom is 0.238 e. The molecule has 0 bridgehead atoms. The van der Waals surface area contributed by atoms with Crippen molar-refractivity contribution in [3.63, 3.8) is 0 Å². The summed E-state index contributed by atoms with van der Waals surface area (Å²) in [6, 6.07) is 14.1. The number of hydrogen-bond donors (Lipinski definition) is 1. The lowest BCUT2D eigenvalue weighted by molar-refractivity contribution is -0.130. The molecule has 0 aliphatic carbocycles. The first-order valence-electron chi connectivity index (χ1n) is 11.4. The summed E-state index contributed by atoms with van der Waals surface area (Å²) >= 11 is 1.50. The summed E-state index contributed by atoms with van der Waals surface area (Å²) in [5.41, 5.74) is 5.08. The van der Waals surface area contributed by atoms with Gasteiger partial charge in [-0.05, 0) is 44.0 Å². The number of thioether (sulfide) groups is 1. The maximum absolute atomic E-state index is 12.8. The minimum atomic E-state index is -0.0128. The van der Waals surface area contributed by atoms with Crippen LogP contribution in [0.5, 0.6) is 0 Å². The molecule has 1 N–H and O–H groups in total. The number of fused-ring (bicyclic) bond motifs is 1. The molecule has 1 fully saturated rings. The number of nitrogens with one attached hydrogen (secondary N) is 1. The second-order valence-corrected chi connectivity index (χ2v) is 9.33. The molecular weight excluding hydrogens is 434 g/mol. The number of carbonyl (C=O) groups excluding carboxylic acids is 2. The lowest BCUT2D eigenvalue weighted by Crippen LogP contribution is -2.51. The number of para-hydroxylation sites is 3. The molecule has 2 heterocycles. The van der Waals surface area contributed by atoms with E-state index in [1.54, 1.807) is 0 Å². The van der Waals surface area contributed by atoms with E-state index < -0.39 is 0 Å². The molecule has 33 heavy (non-hydrogen) atoms. The summed E-state index contributed by atoms with van der Waals surface area (Å²) in [7, 11) is 0. The Kier molecular flexibility index (Phi) is 7.35. The number of aryl methyl sites for hydroxylation is 3. The molecule has 1 saturated heterocycles. The Balaban J connectivity index is 1.26. The lowest BCUT2D eigenvalue weighted by atomic mass is 10.1. The van der Waals surface area contributed by atoms with Crippen molar-refractivity contribution in [1.82, 2.24) is 19.4 Å². The van der Waals surface area contributed by atoms with Gasteiger partial charge in [0.1, 0.15) is 0 Å². The summed E-state index contributed by atoms with van der Waals surface area (Å²) in [5.74, 6) is 0.478. The van der Waals surface area contributed by atoms with E-state index >= 15 is 0 Å². The minimum absolute atomic E-state index is 0.0128. The van der Waals surface area contributed by atoms with Crippen LogP contribution in [0, 0.1) is 13.8 Å². The highest BCUT2D eigenvalue weighted by Crippen LogP contribution is 2.24. The van der Waals surface area contributed by atoms with E-state index in [4.69, 9.17) is 4.98 Å². The fraction of sp³-hybridized carbons (Fsp3) is 0.400. The molecule has 0 unspecified atom stereocenters. The van der Waals surface area contributed by atoms with Crippen LogP contribution in [0.2, 0.25) is 0 Å². The molecule has 174 valence electrons. The molecule has 0 radical (unpaired) electrons. The van der Waals surface area contributed by atoms with Gasteiger partial charge in [-0.15, -0.1) is 0 Å². The summed E-state index contributed by atoms with van der Waals surface area (Å²) in [5, 5.41) is 3.93. The number of piperazine rings is 1. The Morgan fingerprint density at radius 1 is 1.00 bits per heavy atom. The summed E-state index contributed by atoms with van der Waals surface area (Å²) in [4.78, 5) is 34.0. The van der Waals surface area contributed by atoms with Crippen LogP contribution in [0.15, 0.2) is 47.6 Å². The molecule has 8 heteroatoms. The highest BCUT2D eigenvalue weighted by molar-refractivity contribution is 7.99. The van der Waals surface area contributed by atoms with Crippen LogP contribution in [-0.4, -0.2) is 69.6 Å². The van der Waals surface area contributed by atoms with Gasteiger partial charge in [-0.25, -0.2) is 4.98 Å². The van der Waals surface area contributed by atoms with Gasteiger partial charge in [0.05, 0.1) is 23.3 Å². The zero-order chi connectivity index (χ0) is 23.4. The van der Waals surface area contributed by atoms with Crippen LogP contribution in [0.25, 0.3) is 11.0 Å². The predicted octanol–water partition coefficient (Wildman–Crippen LogP) is 3.55. The number of hydrogen-bond acceptors (Lipinski definition) is 5. The molecule has 2 aromatic carbocycles. The van der Waals surface area contributed by atoms with Crippen LogP contribution in [-0.2, 0) is 16.1 Å². The highest BCUT2D eigenvalue weighted by atomic mass is 32.2. The summed E-state index contributed by atoms with van der Waals surface area (Å²) in [6.45, 7) is 9.93. The Labute approximate surface area is 199 Å². The van der Waals surface area contributed by atoms with Crippen molar-refractivity contribution in [3.8, 4) is 0 Å². The normalized spacial score (nSPS) is 14.6. The third-order valence-corrected chi connectivity index (χ3v) is 7.06. The molecule has 4 rings (SSSR count). The van der Waals surface area contributed by atoms with Crippen LogP contribution >= 0.6 is 11.8 Å². The van der Waals surface area contributed by atoms with Gasteiger partial charge in [0.15, 0.2) is 5.16 Å². The average Bonchev–Trinajstić information content (AvgIpc) is 3.18. The van der Waals surface area contributed by atoms with Gasteiger partial charge < -0.3 is 14.8 Å². The molecule has 0 spiro atoms. The standard InChI is InChI=1S/C25H31N5O2S/c1-4-30-21-11-6-5-10-20(21)26-25(30)33-17-23(32)29-14-12-28(13-15-29)16-22(31)27-24-18(2)8-7-9-19(24)3/h5-11H,4,12-17H2,1-3H3,(H,27,31). The van der Waals surface area contributed by atoms with Crippen molar-refractivity contribution in [3.05, 3.63) is 53.6 Å². The topological polar surface area (TPSA) is 70.5 Å². The van der Waals surface area contributed by atoms with Gasteiger partial charge in [0.25, 0.3) is 0 Å². The molecule has 1 aliphatic rings. The van der Waals surface area contributed by atoms with E-state index in [1.165, 1.54) is 11.8 Å². The Hall–Kier alpha value is -2.84. The zero-order valence-corrected chi connectivity index (χ0v) is 20.3. The number of aromatic nitrogens is 2. The summed E-state index contributed by atoms with van der Waals surface area (Å²) < 4.78 is 2.15. The van der Waals surface area contributed by atoms with Crippen molar-refractivity contribution in [2.45, 2.75) is 32.5 Å². The molecule has 0 saturated carbocycles. The Morgan fingerprint density at radius 3 is 2.39 bits per heavy atom. The fourth-order valence-electron chi connectivity index (χ4n) is 4.24. The number of carbonyl (C=O) groups is 2. The molecule has 1 aliphatic heterocycles. The molecule has 3 aromatic rings. The van der Waals surface area contributed by atoms with Crippen molar-refractivity contribution in [2.24, 2.45) is 0 Å². The number of anilines is 1. The molecule has 1 aromatic heterocycles. The molecule has 2 amide bonds. The number of benzene rings is 2. The maximum atomic E-state index is 12.8. The van der Waals surface area contributed by atoms with Gasteiger partial charge in [0.2, 0.25) is 11.8 Å². The first-order chi connectivity index (χ1) is 16.0. The van der Waals surface area contributed by atoms with Gasteiger partial charge in [0, 0.05) is 38.4 Å². The third kappa shape index (κ3) is 5.39. The molecule has 0 atom stereocenters. The van der Waals surface area contributed by atoms with E-state index in [0.717, 1.165) is 39.5 Å². The Bertz CT molecular complexity index is 1130. The smallest absolute Gasteiger partial charge is 0.238 e. The minimum Gasteiger partial charge on any atom is -0.339 e. The van der Waals surface area contributed by atoms with Crippen molar-refractivity contribution >= 4 is 40.3 Å². The van der Waals surface area contributed by atoms with Gasteiger partial charge in [-0.1, -0.05) is 42.1 Å². The SMILES string of the molecule is CCn1c(SCC(=O)N2CCN(CC(=O)Nc3c(C)cccc3C)CC2)nc2ccccc21. The number of rotatable bonds is 7. The second kappa shape index (κ2) is 10.4. The monoisotopic (exact) mass is 465 g/mol. The first-order valence-corrected chi connectivity index (χ1v) is 12.4. The lowest BCUT2D eigenvalue weighted by Gasteiger charge is -2.34. The largest absolute Gasteiger partial charge is 0.339 e. The van der Waals surface area contributed by atoms with Crippen LogP contribution in [0.1, 0.15) is 18.1 Å². The van der Waals surface area contributed by atoms with E-state index in [-0.39, 0.29) is 11.8 Å². The third-order valence-electron chi connectivity index (χ3n) is 6.10. The quantitative estimate of drug-likeness (QED) is 0.541. The fourth-order valence-corrected chi connectivity index (χ4v) is 5.22. The summed E-state index contributed by atoms with van der Waals surface area (Å²) in [6.07, 6.45) is 0. The van der Waals surface area contributed by atoms with Crippen molar-refractivity contribution in [1.29, 1.82) is 0 Å². The predicted molar refractivity (Wildman–Crippen MR) is 134 cm³/mol. The Morgan fingerprint density at radius 2 is 1.70 bits per heavy atom. The van der Waals surface area contributed by atoms with Crippen LogP contribution in [0.3, 0.4) is 0 Å². The van der Waals surface area contributed by atoms with E-state index in [9.17, 15) is 9.59 Å². The molecular formula is C25H31N5O2S. The van der Waals surface area contributed by atoms with E-state index in [2.05, 4.69) is 27.8 Å². The number of amides is 2.